The van der Waals surface area contributed by atoms with Crippen LogP contribution in [0.3, 0.4) is 0 Å². The zero-order chi connectivity index (χ0) is 16.7. The summed E-state index contributed by atoms with van der Waals surface area (Å²) in [4.78, 5) is 30.6. The van der Waals surface area contributed by atoms with Crippen molar-refractivity contribution in [2.45, 2.75) is 19.4 Å². The average molecular weight is 343 g/mol. The Bertz CT molecular complexity index is 816. The lowest BCUT2D eigenvalue weighted by Gasteiger charge is -2.14. The third kappa shape index (κ3) is 2.55. The zero-order valence-electron chi connectivity index (χ0n) is 12.8. The highest BCUT2D eigenvalue weighted by molar-refractivity contribution is 6.30. The highest BCUT2D eigenvalue weighted by Crippen LogP contribution is 2.35. The standard InChI is InChI=1S/C18H15ClN2O3/c19-12-5-3-4-11(8-12)16-20-13(10-24-16)9-21-17(22)14-6-1-2-7-15(14)18(21)23/h1-5,8,10,14-15H,6-7,9H2. The van der Waals surface area contributed by atoms with Gasteiger partial charge in [0, 0.05) is 10.6 Å². The molecular formula is C18H15ClN2O3. The molecule has 1 fully saturated rings. The van der Waals surface area contributed by atoms with Crippen LogP contribution in [0.15, 0.2) is 47.1 Å². The minimum atomic E-state index is -0.221. The summed E-state index contributed by atoms with van der Waals surface area (Å²) in [5.41, 5.74) is 1.31. The summed E-state index contributed by atoms with van der Waals surface area (Å²) >= 11 is 5.97. The molecule has 1 aliphatic carbocycles. The van der Waals surface area contributed by atoms with E-state index in [-0.39, 0.29) is 30.2 Å². The second kappa shape index (κ2) is 5.91. The summed E-state index contributed by atoms with van der Waals surface area (Å²) in [6.07, 6.45) is 6.71. The molecule has 2 amide bonds. The summed E-state index contributed by atoms with van der Waals surface area (Å²) in [6.45, 7) is 0.148. The molecule has 2 atom stereocenters. The number of aromatic nitrogens is 1. The van der Waals surface area contributed by atoms with Crippen LogP contribution in [0.1, 0.15) is 18.5 Å². The summed E-state index contributed by atoms with van der Waals surface area (Å²) in [5.74, 6) is -0.238. The Balaban J connectivity index is 1.54. The van der Waals surface area contributed by atoms with Gasteiger partial charge in [-0.05, 0) is 31.0 Å². The van der Waals surface area contributed by atoms with Crippen LogP contribution < -0.4 is 0 Å². The van der Waals surface area contributed by atoms with Crippen LogP contribution in [0, 0.1) is 11.8 Å². The van der Waals surface area contributed by atoms with Crippen LogP contribution in [0.25, 0.3) is 11.5 Å². The van der Waals surface area contributed by atoms with E-state index in [1.807, 2.05) is 24.3 Å². The van der Waals surface area contributed by atoms with E-state index in [2.05, 4.69) is 4.98 Å². The molecule has 24 heavy (non-hydrogen) atoms. The molecule has 6 heteroatoms. The Morgan fingerprint density at radius 1 is 1.17 bits per heavy atom. The minimum absolute atomic E-state index is 0.110. The largest absolute Gasteiger partial charge is 0.444 e. The monoisotopic (exact) mass is 342 g/mol. The Morgan fingerprint density at radius 3 is 2.54 bits per heavy atom. The topological polar surface area (TPSA) is 63.4 Å². The van der Waals surface area contributed by atoms with Crippen LogP contribution in [-0.2, 0) is 16.1 Å². The Hall–Kier alpha value is -2.40. The summed E-state index contributed by atoms with van der Waals surface area (Å²) in [7, 11) is 0. The molecule has 2 aromatic rings. The van der Waals surface area contributed by atoms with Gasteiger partial charge in [0.15, 0.2) is 0 Å². The molecule has 1 aromatic carbocycles. The van der Waals surface area contributed by atoms with Crippen molar-refractivity contribution in [1.29, 1.82) is 0 Å². The van der Waals surface area contributed by atoms with Gasteiger partial charge in [-0.25, -0.2) is 4.98 Å². The Labute approximate surface area is 143 Å². The van der Waals surface area contributed by atoms with E-state index in [0.717, 1.165) is 5.56 Å². The van der Waals surface area contributed by atoms with Gasteiger partial charge in [0.2, 0.25) is 17.7 Å². The fraction of sp³-hybridized carbons (Fsp3) is 0.278. The number of halogens is 1. The first kappa shape index (κ1) is 15.1. The molecule has 5 nitrogen and oxygen atoms in total. The second-order valence-corrected chi connectivity index (χ2v) is 6.51. The van der Waals surface area contributed by atoms with Crippen molar-refractivity contribution in [1.82, 2.24) is 9.88 Å². The van der Waals surface area contributed by atoms with Gasteiger partial charge in [-0.3, -0.25) is 14.5 Å². The highest BCUT2D eigenvalue weighted by Gasteiger charge is 2.47. The molecular weight excluding hydrogens is 328 g/mol. The zero-order valence-corrected chi connectivity index (χ0v) is 13.6. The molecule has 1 aliphatic heterocycles. The maximum atomic E-state index is 12.5. The van der Waals surface area contributed by atoms with Gasteiger partial charge in [0.05, 0.1) is 24.1 Å². The van der Waals surface area contributed by atoms with Crippen molar-refractivity contribution in [3.8, 4) is 11.5 Å². The van der Waals surface area contributed by atoms with Crippen LogP contribution in [-0.4, -0.2) is 21.7 Å². The number of amides is 2. The van der Waals surface area contributed by atoms with Gasteiger partial charge in [-0.2, -0.15) is 0 Å². The molecule has 0 radical (unpaired) electrons. The van der Waals surface area contributed by atoms with Crippen LogP contribution in [0.5, 0.6) is 0 Å². The SMILES string of the molecule is O=C1C2CC=CCC2C(=O)N1Cc1coc(-c2cccc(Cl)c2)n1. The number of hydrogen-bond donors (Lipinski definition) is 0. The van der Waals surface area contributed by atoms with Crippen LogP contribution in [0.4, 0.5) is 0 Å². The molecule has 0 spiro atoms. The van der Waals surface area contributed by atoms with E-state index >= 15 is 0 Å². The first-order chi connectivity index (χ1) is 11.6. The van der Waals surface area contributed by atoms with Gasteiger partial charge in [0.25, 0.3) is 0 Å². The molecule has 4 rings (SSSR count). The van der Waals surface area contributed by atoms with Gasteiger partial charge >= 0.3 is 0 Å². The molecule has 122 valence electrons. The molecule has 0 saturated carbocycles. The van der Waals surface area contributed by atoms with Crippen molar-refractivity contribution in [2.24, 2.45) is 11.8 Å². The molecule has 1 saturated heterocycles. The van der Waals surface area contributed by atoms with Crippen LogP contribution in [0.2, 0.25) is 5.02 Å². The summed E-state index contributed by atoms with van der Waals surface area (Å²) in [6, 6.07) is 7.18. The fourth-order valence-electron chi connectivity index (χ4n) is 3.32. The number of allylic oxidation sites excluding steroid dienone is 2. The lowest BCUT2D eigenvalue weighted by atomic mass is 9.85. The number of oxazole rings is 1. The molecule has 1 aromatic heterocycles. The molecule has 2 unspecified atom stereocenters. The summed E-state index contributed by atoms with van der Waals surface area (Å²) in [5, 5.41) is 0.591. The highest BCUT2D eigenvalue weighted by atomic mass is 35.5. The predicted molar refractivity (Wildman–Crippen MR) is 87.9 cm³/mol. The number of hydrogen-bond acceptors (Lipinski definition) is 4. The number of imide groups is 1. The Morgan fingerprint density at radius 2 is 1.88 bits per heavy atom. The van der Waals surface area contributed by atoms with Crippen molar-refractivity contribution in [3.63, 3.8) is 0 Å². The second-order valence-electron chi connectivity index (χ2n) is 6.07. The number of nitrogens with zero attached hydrogens (tertiary/aromatic N) is 2. The fourth-order valence-corrected chi connectivity index (χ4v) is 3.51. The van der Waals surface area contributed by atoms with E-state index in [0.29, 0.717) is 29.4 Å². The summed E-state index contributed by atoms with van der Waals surface area (Å²) < 4.78 is 5.47. The van der Waals surface area contributed by atoms with Crippen molar-refractivity contribution < 1.29 is 14.0 Å². The van der Waals surface area contributed by atoms with Crippen LogP contribution >= 0.6 is 11.6 Å². The predicted octanol–water partition coefficient (Wildman–Crippen LogP) is 3.45. The normalized spacial score (nSPS) is 23.0. The number of carbonyl (C=O) groups is 2. The van der Waals surface area contributed by atoms with E-state index < -0.39 is 0 Å². The number of likely N-dealkylation sites (tertiary alicyclic amines) is 1. The average Bonchev–Trinajstić information content (AvgIpc) is 3.15. The first-order valence-electron chi connectivity index (χ1n) is 7.84. The smallest absolute Gasteiger partial charge is 0.233 e. The number of carbonyl (C=O) groups excluding carboxylic acids is 2. The van der Waals surface area contributed by atoms with E-state index in [1.54, 1.807) is 12.1 Å². The maximum Gasteiger partial charge on any atom is 0.233 e. The molecule has 2 aliphatic rings. The molecule has 0 N–H and O–H groups in total. The Kier molecular flexibility index (Phi) is 3.73. The lowest BCUT2D eigenvalue weighted by Crippen LogP contribution is -2.30. The van der Waals surface area contributed by atoms with Gasteiger partial charge < -0.3 is 4.42 Å². The molecule has 0 bridgehead atoms. The van der Waals surface area contributed by atoms with Crippen molar-refractivity contribution >= 4 is 23.4 Å². The van der Waals surface area contributed by atoms with Gasteiger partial charge in [-0.15, -0.1) is 0 Å². The lowest BCUT2D eigenvalue weighted by molar-refractivity contribution is -0.140. The van der Waals surface area contributed by atoms with Gasteiger partial charge in [-0.1, -0.05) is 29.8 Å². The first-order valence-corrected chi connectivity index (χ1v) is 8.22. The number of fused-ring (bicyclic) bond motifs is 1. The van der Waals surface area contributed by atoms with E-state index in [9.17, 15) is 9.59 Å². The minimum Gasteiger partial charge on any atom is -0.444 e. The number of rotatable bonds is 3. The van der Waals surface area contributed by atoms with E-state index in [4.69, 9.17) is 16.0 Å². The third-order valence-electron chi connectivity index (χ3n) is 4.54. The van der Waals surface area contributed by atoms with Gasteiger partial charge in [0.1, 0.15) is 6.26 Å². The van der Waals surface area contributed by atoms with Crippen molar-refractivity contribution in [3.05, 3.63) is 53.4 Å². The van der Waals surface area contributed by atoms with E-state index in [1.165, 1.54) is 11.2 Å². The number of benzene rings is 1. The maximum absolute atomic E-state index is 12.5. The van der Waals surface area contributed by atoms with Crippen molar-refractivity contribution in [2.75, 3.05) is 0 Å². The molecule has 2 heterocycles. The quantitative estimate of drug-likeness (QED) is 0.633. The third-order valence-corrected chi connectivity index (χ3v) is 4.78.